The zero-order valence-electron chi connectivity index (χ0n) is 15.8. The Morgan fingerprint density at radius 2 is 1.93 bits per heavy atom. The van der Waals surface area contributed by atoms with Crippen LogP contribution in [0.1, 0.15) is 27.3 Å². The van der Waals surface area contributed by atoms with E-state index in [0.29, 0.717) is 22.2 Å². The Bertz CT molecular complexity index is 1260. The molecule has 0 fully saturated rings. The van der Waals surface area contributed by atoms with Crippen molar-refractivity contribution >= 4 is 16.8 Å². The van der Waals surface area contributed by atoms with E-state index >= 15 is 0 Å². The van der Waals surface area contributed by atoms with Gasteiger partial charge in [0.05, 0.1) is 11.7 Å². The van der Waals surface area contributed by atoms with E-state index in [9.17, 15) is 18.0 Å². The third-order valence-electron chi connectivity index (χ3n) is 4.73. The van der Waals surface area contributed by atoms with Crippen molar-refractivity contribution in [3.63, 3.8) is 0 Å². The number of amides is 1. The van der Waals surface area contributed by atoms with Crippen molar-refractivity contribution in [3.8, 4) is 11.1 Å². The molecule has 1 aromatic carbocycles. The summed E-state index contributed by atoms with van der Waals surface area (Å²) < 4.78 is 42.6. The Hall–Kier alpha value is -3.75. The molecule has 0 saturated carbocycles. The molecule has 3 heterocycles. The molecular weight excluding hydrogens is 395 g/mol. The number of primary amides is 1. The fourth-order valence-electron chi connectivity index (χ4n) is 3.46. The summed E-state index contributed by atoms with van der Waals surface area (Å²) in [4.78, 5) is 19.6. The van der Waals surface area contributed by atoms with Gasteiger partial charge in [0.25, 0.3) is 5.91 Å². The minimum atomic E-state index is -4.64. The van der Waals surface area contributed by atoms with Crippen LogP contribution in [0.4, 0.5) is 13.2 Å². The number of alkyl halides is 3. The molecule has 0 saturated heterocycles. The molecule has 9 heteroatoms. The topological polar surface area (TPSA) is 86.7 Å². The van der Waals surface area contributed by atoms with Crippen LogP contribution in [0.2, 0.25) is 0 Å². The number of para-hydroxylation sites is 1. The highest BCUT2D eigenvalue weighted by Gasteiger charge is 2.37. The van der Waals surface area contributed by atoms with E-state index in [1.54, 1.807) is 31.3 Å². The van der Waals surface area contributed by atoms with Crippen molar-refractivity contribution in [1.82, 2.24) is 19.7 Å². The Morgan fingerprint density at radius 3 is 2.60 bits per heavy atom. The lowest BCUT2D eigenvalue weighted by Gasteiger charge is -2.16. The number of nitrogens with zero attached hydrogens (tertiary/aromatic N) is 4. The van der Waals surface area contributed by atoms with Crippen molar-refractivity contribution < 1.29 is 18.0 Å². The fraction of sp³-hybridized carbons (Fsp3) is 0.143. The third-order valence-corrected chi connectivity index (χ3v) is 4.73. The largest absolute Gasteiger partial charge is 0.433 e. The number of rotatable bonds is 4. The van der Waals surface area contributed by atoms with Gasteiger partial charge in [0.15, 0.2) is 5.69 Å². The average molecular weight is 411 g/mol. The molecule has 152 valence electrons. The Balaban J connectivity index is 1.94. The highest BCUT2D eigenvalue weighted by molar-refractivity contribution is 5.95. The second-order valence-electron chi connectivity index (χ2n) is 6.82. The number of benzene rings is 1. The first-order valence-corrected chi connectivity index (χ1v) is 8.96. The van der Waals surface area contributed by atoms with E-state index in [4.69, 9.17) is 5.73 Å². The van der Waals surface area contributed by atoms with Crippen LogP contribution in [0.3, 0.4) is 0 Å². The summed E-state index contributed by atoms with van der Waals surface area (Å²) in [5.41, 5.74) is 6.31. The predicted octanol–water partition coefficient (Wildman–Crippen LogP) is 3.74. The van der Waals surface area contributed by atoms with Crippen LogP contribution in [-0.4, -0.2) is 25.7 Å². The molecule has 3 aromatic heterocycles. The highest BCUT2D eigenvalue weighted by atomic mass is 19.4. The SMILES string of the molecule is Cn1cc(-c2c(Cc3cc(C(N)=O)nc4ccccc34)ccnc2C(F)(F)F)cn1. The molecule has 4 aromatic rings. The van der Waals surface area contributed by atoms with Gasteiger partial charge in [-0.25, -0.2) is 4.98 Å². The summed E-state index contributed by atoms with van der Waals surface area (Å²) >= 11 is 0. The van der Waals surface area contributed by atoms with Crippen LogP contribution in [0.5, 0.6) is 0 Å². The van der Waals surface area contributed by atoms with Gasteiger partial charge < -0.3 is 5.73 Å². The first-order valence-electron chi connectivity index (χ1n) is 8.96. The number of nitrogens with two attached hydrogens (primary N) is 1. The lowest BCUT2D eigenvalue weighted by molar-refractivity contribution is -0.140. The molecule has 0 spiro atoms. The summed E-state index contributed by atoms with van der Waals surface area (Å²) in [5, 5.41) is 4.73. The van der Waals surface area contributed by atoms with Crippen LogP contribution < -0.4 is 5.73 Å². The standard InChI is InChI=1S/C21H16F3N5O/c1-29-11-14(10-27-29)18-12(6-7-26-19(18)21(22,23)24)8-13-9-17(20(25)30)28-16-5-3-2-4-15(13)16/h2-7,9-11H,8H2,1H3,(H2,25,30). The van der Waals surface area contributed by atoms with Gasteiger partial charge in [-0.2, -0.15) is 18.3 Å². The number of aromatic nitrogens is 4. The second kappa shape index (κ2) is 7.25. The van der Waals surface area contributed by atoms with Crippen molar-refractivity contribution in [1.29, 1.82) is 0 Å². The third kappa shape index (κ3) is 3.61. The van der Waals surface area contributed by atoms with E-state index in [0.717, 1.165) is 11.6 Å². The Morgan fingerprint density at radius 1 is 1.17 bits per heavy atom. The quantitative estimate of drug-likeness (QED) is 0.554. The smallest absolute Gasteiger partial charge is 0.364 e. The summed E-state index contributed by atoms with van der Waals surface area (Å²) in [6.07, 6.45) is -0.500. The number of fused-ring (bicyclic) bond motifs is 1. The molecule has 0 unspecified atom stereocenters. The molecule has 6 nitrogen and oxygen atoms in total. The first kappa shape index (κ1) is 19.6. The minimum absolute atomic E-state index is 0.0420. The predicted molar refractivity (Wildman–Crippen MR) is 105 cm³/mol. The lowest BCUT2D eigenvalue weighted by atomic mass is 9.93. The van der Waals surface area contributed by atoms with Gasteiger partial charge in [-0.15, -0.1) is 0 Å². The van der Waals surface area contributed by atoms with Crippen molar-refractivity contribution in [3.05, 3.63) is 77.5 Å². The maximum absolute atomic E-state index is 13.7. The van der Waals surface area contributed by atoms with Crippen LogP contribution >= 0.6 is 0 Å². The van der Waals surface area contributed by atoms with Crippen LogP contribution in [0.15, 0.2) is 55.0 Å². The van der Waals surface area contributed by atoms with E-state index in [2.05, 4.69) is 15.1 Å². The second-order valence-corrected chi connectivity index (χ2v) is 6.82. The molecule has 0 aliphatic heterocycles. The van der Waals surface area contributed by atoms with E-state index in [1.807, 2.05) is 0 Å². The molecular formula is C21H16F3N5O. The number of pyridine rings is 2. The van der Waals surface area contributed by atoms with E-state index < -0.39 is 17.8 Å². The molecule has 0 radical (unpaired) electrons. The Kier molecular flexibility index (Phi) is 4.73. The molecule has 0 aliphatic rings. The average Bonchev–Trinajstić information content (AvgIpc) is 3.13. The minimum Gasteiger partial charge on any atom is -0.364 e. The maximum atomic E-state index is 13.7. The molecule has 0 atom stereocenters. The normalized spacial score (nSPS) is 11.7. The van der Waals surface area contributed by atoms with Crippen LogP contribution in [0, 0.1) is 0 Å². The van der Waals surface area contributed by atoms with Gasteiger partial charge >= 0.3 is 6.18 Å². The van der Waals surface area contributed by atoms with Crippen molar-refractivity contribution in [2.75, 3.05) is 0 Å². The number of aryl methyl sites for hydroxylation is 1. The van der Waals surface area contributed by atoms with Gasteiger partial charge in [0, 0.05) is 36.0 Å². The number of carbonyl (C=O) groups is 1. The summed E-state index contributed by atoms with van der Waals surface area (Å²) in [5.74, 6) is -0.708. The molecule has 4 rings (SSSR count). The lowest BCUT2D eigenvalue weighted by Crippen LogP contribution is -2.14. The van der Waals surface area contributed by atoms with Gasteiger partial charge in [-0.1, -0.05) is 18.2 Å². The summed E-state index contributed by atoms with van der Waals surface area (Å²) in [6, 6.07) is 10.1. The first-order chi connectivity index (χ1) is 14.2. The number of halogens is 3. The molecule has 30 heavy (non-hydrogen) atoms. The van der Waals surface area contributed by atoms with E-state index in [1.165, 1.54) is 29.2 Å². The monoisotopic (exact) mass is 411 g/mol. The van der Waals surface area contributed by atoms with E-state index in [-0.39, 0.29) is 17.7 Å². The Labute approximate surface area is 169 Å². The number of hydrogen-bond donors (Lipinski definition) is 1. The van der Waals surface area contributed by atoms with Gasteiger partial charge in [-0.05, 0) is 35.7 Å². The molecule has 1 amide bonds. The van der Waals surface area contributed by atoms with Gasteiger partial charge in [-0.3, -0.25) is 14.5 Å². The molecule has 0 bridgehead atoms. The zero-order valence-corrected chi connectivity index (χ0v) is 15.8. The highest BCUT2D eigenvalue weighted by Crippen LogP contribution is 2.38. The van der Waals surface area contributed by atoms with Crippen LogP contribution in [-0.2, 0) is 19.6 Å². The van der Waals surface area contributed by atoms with Gasteiger partial charge in [0.2, 0.25) is 0 Å². The number of hydrogen-bond acceptors (Lipinski definition) is 4. The van der Waals surface area contributed by atoms with Crippen molar-refractivity contribution in [2.45, 2.75) is 12.6 Å². The fourth-order valence-corrected chi connectivity index (χ4v) is 3.46. The number of carbonyl (C=O) groups excluding carboxylic acids is 1. The zero-order chi connectivity index (χ0) is 21.5. The van der Waals surface area contributed by atoms with Crippen molar-refractivity contribution in [2.24, 2.45) is 12.8 Å². The molecule has 0 aliphatic carbocycles. The summed E-state index contributed by atoms with van der Waals surface area (Å²) in [6.45, 7) is 0. The molecule has 2 N–H and O–H groups in total. The summed E-state index contributed by atoms with van der Waals surface area (Å²) in [7, 11) is 1.63. The van der Waals surface area contributed by atoms with Crippen LogP contribution in [0.25, 0.3) is 22.0 Å². The van der Waals surface area contributed by atoms with Gasteiger partial charge in [0.1, 0.15) is 5.69 Å². The maximum Gasteiger partial charge on any atom is 0.433 e.